The number of nitrogens with zero attached hydrogens (tertiary/aromatic N) is 1. The summed E-state index contributed by atoms with van der Waals surface area (Å²) in [7, 11) is 0. The lowest BCUT2D eigenvalue weighted by Crippen LogP contribution is -2.24. The molecule has 0 aliphatic heterocycles. The average Bonchev–Trinajstić information content (AvgIpc) is 3.06. The van der Waals surface area contributed by atoms with Crippen LogP contribution in [0.25, 0.3) is 76.7 Å². The quantitative estimate of drug-likeness (QED) is 0.196. The van der Waals surface area contributed by atoms with Crippen LogP contribution in [0, 0.1) is 0 Å². The van der Waals surface area contributed by atoms with Crippen molar-refractivity contribution in [3.63, 3.8) is 0 Å². The van der Waals surface area contributed by atoms with Crippen LogP contribution in [0.1, 0.15) is 25.0 Å². The summed E-state index contributed by atoms with van der Waals surface area (Å²) in [6, 6.07) is 51.1. The third-order valence-corrected chi connectivity index (χ3v) is 9.63. The van der Waals surface area contributed by atoms with Gasteiger partial charge >= 0.3 is 0 Å². The van der Waals surface area contributed by atoms with Crippen LogP contribution >= 0.6 is 0 Å². The van der Waals surface area contributed by atoms with Crippen molar-refractivity contribution >= 4 is 43.2 Å². The molecule has 1 aliphatic rings. The van der Waals surface area contributed by atoms with E-state index < -0.39 is 0 Å². The Kier molecular flexibility index (Phi) is 5.02. The molecule has 0 saturated heterocycles. The molecule has 1 heteroatoms. The Balaban J connectivity index is 1.42. The SMILES string of the molecule is CC1(C)c2cc3ccccc3nc2-c2ccc(-c3c4ccccc4c(-c4ccccc4)c4ccccc34)c3cccc1c23. The van der Waals surface area contributed by atoms with Crippen LogP contribution < -0.4 is 0 Å². The summed E-state index contributed by atoms with van der Waals surface area (Å²) >= 11 is 0. The maximum atomic E-state index is 5.28. The second kappa shape index (κ2) is 8.86. The molecule has 8 aromatic rings. The van der Waals surface area contributed by atoms with Crippen molar-refractivity contribution in [1.29, 1.82) is 0 Å². The molecule has 1 aromatic heterocycles. The van der Waals surface area contributed by atoms with Crippen molar-refractivity contribution in [2.75, 3.05) is 0 Å². The zero-order valence-electron chi connectivity index (χ0n) is 24.2. The molecule has 0 N–H and O–H groups in total. The molecule has 1 aliphatic carbocycles. The number of para-hydroxylation sites is 1. The van der Waals surface area contributed by atoms with Crippen LogP contribution in [-0.2, 0) is 5.41 Å². The molecule has 0 amide bonds. The highest BCUT2D eigenvalue weighted by molar-refractivity contribution is 6.24. The molecular weight excluding hydrogens is 518 g/mol. The van der Waals surface area contributed by atoms with Gasteiger partial charge in [0.05, 0.1) is 11.2 Å². The summed E-state index contributed by atoms with van der Waals surface area (Å²) in [4.78, 5) is 5.28. The number of rotatable bonds is 2. The molecule has 0 radical (unpaired) electrons. The smallest absolute Gasteiger partial charge is 0.0756 e. The zero-order chi connectivity index (χ0) is 28.7. The molecule has 0 saturated carbocycles. The van der Waals surface area contributed by atoms with Crippen molar-refractivity contribution in [2.45, 2.75) is 19.3 Å². The van der Waals surface area contributed by atoms with Gasteiger partial charge in [-0.25, -0.2) is 4.98 Å². The van der Waals surface area contributed by atoms with Gasteiger partial charge in [-0.1, -0.05) is 141 Å². The number of hydrogen-bond acceptors (Lipinski definition) is 1. The number of benzene rings is 7. The fraction of sp³-hybridized carbons (Fsp3) is 0.0714. The highest BCUT2D eigenvalue weighted by Crippen LogP contribution is 2.52. The van der Waals surface area contributed by atoms with Crippen molar-refractivity contribution in [2.24, 2.45) is 0 Å². The van der Waals surface area contributed by atoms with Crippen molar-refractivity contribution in [1.82, 2.24) is 4.98 Å². The molecule has 202 valence electrons. The summed E-state index contributed by atoms with van der Waals surface area (Å²) in [6.07, 6.45) is 0. The van der Waals surface area contributed by atoms with Gasteiger partial charge in [-0.3, -0.25) is 0 Å². The first-order chi connectivity index (χ1) is 21.1. The van der Waals surface area contributed by atoms with Gasteiger partial charge in [0.15, 0.2) is 0 Å². The number of hydrogen-bond donors (Lipinski definition) is 0. The van der Waals surface area contributed by atoms with Crippen molar-refractivity contribution in [3.05, 3.63) is 151 Å². The third kappa shape index (κ3) is 3.37. The van der Waals surface area contributed by atoms with Gasteiger partial charge in [0.2, 0.25) is 0 Å². The van der Waals surface area contributed by atoms with Crippen LogP contribution in [0.5, 0.6) is 0 Å². The van der Waals surface area contributed by atoms with Gasteiger partial charge in [0, 0.05) is 16.4 Å². The second-order valence-electron chi connectivity index (χ2n) is 12.3. The highest BCUT2D eigenvalue weighted by Gasteiger charge is 2.35. The molecule has 9 rings (SSSR count). The Morgan fingerprint density at radius 1 is 0.465 bits per heavy atom. The summed E-state index contributed by atoms with van der Waals surface area (Å²) < 4.78 is 0. The largest absolute Gasteiger partial charge is 0.247 e. The van der Waals surface area contributed by atoms with Crippen LogP contribution in [0.4, 0.5) is 0 Å². The molecule has 1 heterocycles. The second-order valence-corrected chi connectivity index (χ2v) is 12.3. The monoisotopic (exact) mass is 547 g/mol. The molecule has 1 nitrogen and oxygen atoms in total. The predicted octanol–water partition coefficient (Wildman–Crippen LogP) is 11.3. The van der Waals surface area contributed by atoms with Crippen LogP contribution in [0.15, 0.2) is 140 Å². The number of pyridine rings is 1. The zero-order valence-corrected chi connectivity index (χ0v) is 24.2. The number of aromatic nitrogens is 1. The molecular formula is C42H29N. The Bertz CT molecular complexity index is 2360. The van der Waals surface area contributed by atoms with Gasteiger partial charge in [-0.2, -0.15) is 0 Å². The Morgan fingerprint density at radius 2 is 1.05 bits per heavy atom. The molecule has 0 fully saturated rings. The van der Waals surface area contributed by atoms with E-state index in [1.807, 2.05) is 0 Å². The lowest BCUT2D eigenvalue weighted by molar-refractivity contribution is 0.643. The average molecular weight is 548 g/mol. The van der Waals surface area contributed by atoms with E-state index in [4.69, 9.17) is 4.98 Å². The molecule has 0 unspecified atom stereocenters. The van der Waals surface area contributed by atoms with E-state index in [2.05, 4.69) is 153 Å². The normalized spacial score (nSPS) is 13.5. The topological polar surface area (TPSA) is 12.9 Å². The van der Waals surface area contributed by atoms with E-state index in [0.717, 1.165) is 11.2 Å². The van der Waals surface area contributed by atoms with E-state index in [1.165, 1.54) is 76.6 Å². The van der Waals surface area contributed by atoms with Gasteiger partial charge in [0.25, 0.3) is 0 Å². The van der Waals surface area contributed by atoms with Crippen LogP contribution in [0.2, 0.25) is 0 Å². The number of fused-ring (bicyclic) bond motifs is 5. The van der Waals surface area contributed by atoms with Crippen molar-refractivity contribution in [3.8, 4) is 33.5 Å². The Hall–Kier alpha value is -5.27. The molecule has 0 bridgehead atoms. The van der Waals surface area contributed by atoms with Crippen molar-refractivity contribution < 1.29 is 0 Å². The minimum atomic E-state index is -0.182. The Morgan fingerprint density at radius 3 is 1.77 bits per heavy atom. The summed E-state index contributed by atoms with van der Waals surface area (Å²) in [5.74, 6) is 0. The first-order valence-electron chi connectivity index (χ1n) is 15.1. The van der Waals surface area contributed by atoms with Crippen LogP contribution in [-0.4, -0.2) is 4.98 Å². The first-order valence-corrected chi connectivity index (χ1v) is 15.1. The molecule has 0 spiro atoms. The predicted molar refractivity (Wildman–Crippen MR) is 183 cm³/mol. The molecule has 7 aromatic carbocycles. The van der Waals surface area contributed by atoms with Gasteiger partial charge < -0.3 is 0 Å². The summed E-state index contributed by atoms with van der Waals surface area (Å²) in [6.45, 7) is 4.71. The van der Waals surface area contributed by atoms with Gasteiger partial charge in [-0.05, 0) is 77.8 Å². The molecule has 0 atom stereocenters. The van der Waals surface area contributed by atoms with Crippen LogP contribution in [0.3, 0.4) is 0 Å². The maximum absolute atomic E-state index is 5.28. The lowest BCUT2D eigenvalue weighted by Gasteiger charge is -2.35. The van der Waals surface area contributed by atoms with E-state index >= 15 is 0 Å². The summed E-state index contributed by atoms with van der Waals surface area (Å²) in [5, 5.41) is 8.91. The Labute approximate surface area is 251 Å². The fourth-order valence-corrected chi connectivity index (χ4v) is 7.62. The first kappa shape index (κ1) is 24.3. The van der Waals surface area contributed by atoms with E-state index in [0.29, 0.717) is 0 Å². The molecule has 43 heavy (non-hydrogen) atoms. The van der Waals surface area contributed by atoms with Gasteiger partial charge in [-0.15, -0.1) is 0 Å². The minimum absolute atomic E-state index is 0.182. The standard InChI is InChI=1S/C42H29N/c1-42(2)35-21-12-20-32-33(23-24-34(40(32)35)41-36(42)25-27-15-6-11-22-37(27)43-41)39-30-18-9-7-16-28(30)38(26-13-4-3-5-14-26)29-17-8-10-19-31(29)39/h3-25H,1-2H3. The summed E-state index contributed by atoms with van der Waals surface area (Å²) in [5.41, 5.74) is 11.0. The van der Waals surface area contributed by atoms with Gasteiger partial charge in [0.1, 0.15) is 0 Å². The third-order valence-electron chi connectivity index (χ3n) is 9.63. The lowest BCUT2D eigenvalue weighted by atomic mass is 9.69. The van der Waals surface area contributed by atoms with E-state index in [1.54, 1.807) is 0 Å². The fourth-order valence-electron chi connectivity index (χ4n) is 7.62. The minimum Gasteiger partial charge on any atom is -0.247 e. The highest BCUT2D eigenvalue weighted by atomic mass is 14.7. The van der Waals surface area contributed by atoms with E-state index in [9.17, 15) is 0 Å². The maximum Gasteiger partial charge on any atom is 0.0756 e. The van der Waals surface area contributed by atoms with E-state index in [-0.39, 0.29) is 5.41 Å².